The Morgan fingerprint density at radius 2 is 1.57 bits per heavy atom. The van der Waals surface area contributed by atoms with Crippen molar-refractivity contribution in [1.29, 1.82) is 0 Å². The zero-order valence-electron chi connectivity index (χ0n) is 20.9. The maximum atomic E-state index is 12.5. The number of rotatable bonds is 10. The monoisotopic (exact) mass is 476 g/mol. The Morgan fingerprint density at radius 3 is 2.26 bits per heavy atom. The summed E-state index contributed by atoms with van der Waals surface area (Å²) in [6, 6.07) is 18.3. The zero-order valence-corrected chi connectivity index (χ0v) is 20.9. The van der Waals surface area contributed by atoms with Crippen molar-refractivity contribution in [3.05, 3.63) is 94.0 Å². The van der Waals surface area contributed by atoms with Crippen molar-refractivity contribution < 1.29 is 20.1 Å². The van der Waals surface area contributed by atoms with Gasteiger partial charge in [0.05, 0.1) is 12.5 Å². The van der Waals surface area contributed by atoms with Gasteiger partial charge in [0.1, 0.15) is 11.5 Å². The van der Waals surface area contributed by atoms with Crippen LogP contribution in [0.5, 0.6) is 11.5 Å². The number of aryl methyl sites for hydroxylation is 2. The Balaban J connectivity index is 1.53. The van der Waals surface area contributed by atoms with Crippen LogP contribution in [0, 0.1) is 13.8 Å². The third-order valence-electron chi connectivity index (χ3n) is 6.15. The molecule has 0 aromatic heterocycles. The van der Waals surface area contributed by atoms with Gasteiger partial charge in [0.15, 0.2) is 0 Å². The van der Waals surface area contributed by atoms with Gasteiger partial charge in [0, 0.05) is 24.7 Å². The van der Waals surface area contributed by atoms with E-state index in [0.29, 0.717) is 24.9 Å². The summed E-state index contributed by atoms with van der Waals surface area (Å²) in [6.07, 6.45) is 0.134. The molecule has 0 bridgehead atoms. The van der Waals surface area contributed by atoms with Crippen LogP contribution in [-0.2, 0) is 24.2 Å². The van der Waals surface area contributed by atoms with Gasteiger partial charge in [-0.1, -0.05) is 42.5 Å². The maximum Gasteiger partial charge on any atom is 0.224 e. The van der Waals surface area contributed by atoms with Crippen LogP contribution in [0.1, 0.15) is 53.3 Å². The van der Waals surface area contributed by atoms with Gasteiger partial charge in [-0.3, -0.25) is 4.79 Å². The lowest BCUT2D eigenvalue weighted by atomic mass is 9.93. The fraction of sp³-hybridized carbons (Fsp3) is 0.345. The number of nitrogens with one attached hydrogen (secondary N) is 2. The van der Waals surface area contributed by atoms with Crippen molar-refractivity contribution in [2.45, 2.75) is 58.7 Å². The number of β-amino-alcohol motifs (C(OH)–C–C–N with tert-alkyl or cyclic N) is 1. The number of benzene rings is 3. The topological polar surface area (TPSA) is 102 Å². The molecule has 3 rings (SSSR count). The van der Waals surface area contributed by atoms with Gasteiger partial charge in [0.2, 0.25) is 5.91 Å². The highest BCUT2D eigenvalue weighted by molar-refractivity contribution is 5.78. The second-order valence-corrected chi connectivity index (χ2v) is 9.93. The normalized spacial score (nSPS) is 12.4. The second-order valence-electron chi connectivity index (χ2n) is 9.93. The molecule has 0 radical (unpaired) electrons. The Kier molecular flexibility index (Phi) is 8.54. The molecule has 3 aromatic carbocycles. The minimum atomic E-state index is -0.875. The van der Waals surface area contributed by atoms with Crippen LogP contribution in [-0.4, -0.2) is 33.3 Å². The summed E-state index contributed by atoms with van der Waals surface area (Å²) in [4.78, 5) is 12.5. The summed E-state index contributed by atoms with van der Waals surface area (Å²) >= 11 is 0. The summed E-state index contributed by atoms with van der Waals surface area (Å²) in [6.45, 7) is 9.00. The molecule has 0 saturated heterocycles. The van der Waals surface area contributed by atoms with E-state index in [1.54, 1.807) is 0 Å². The highest BCUT2D eigenvalue weighted by Crippen LogP contribution is 2.25. The average molecular weight is 477 g/mol. The van der Waals surface area contributed by atoms with E-state index in [9.17, 15) is 20.1 Å². The Bertz CT molecular complexity index is 1150. The SMILES string of the molecule is Cc1ccc(CNC(=O)Cc2cccc(CC(C)(C)NCC(O)c3cc(O)cc(O)c3)c2)cc1C. The van der Waals surface area contributed by atoms with Crippen molar-refractivity contribution in [2.24, 2.45) is 0 Å². The lowest BCUT2D eigenvalue weighted by Gasteiger charge is -2.28. The van der Waals surface area contributed by atoms with Crippen molar-refractivity contribution in [3.63, 3.8) is 0 Å². The first-order valence-corrected chi connectivity index (χ1v) is 11.9. The van der Waals surface area contributed by atoms with Gasteiger partial charge in [-0.25, -0.2) is 0 Å². The second kappa shape index (κ2) is 11.4. The van der Waals surface area contributed by atoms with Crippen molar-refractivity contribution in [2.75, 3.05) is 6.54 Å². The molecule has 0 aliphatic carbocycles. The van der Waals surface area contributed by atoms with Gasteiger partial charge in [0.25, 0.3) is 0 Å². The predicted octanol–water partition coefficient (Wildman–Crippen LogP) is 4.22. The minimum absolute atomic E-state index is 0.0183. The van der Waals surface area contributed by atoms with E-state index < -0.39 is 6.10 Å². The zero-order chi connectivity index (χ0) is 25.6. The molecule has 6 heteroatoms. The molecule has 0 fully saturated rings. The van der Waals surface area contributed by atoms with Crippen molar-refractivity contribution in [1.82, 2.24) is 10.6 Å². The lowest BCUT2D eigenvalue weighted by molar-refractivity contribution is -0.120. The third kappa shape index (κ3) is 8.12. The van der Waals surface area contributed by atoms with Crippen LogP contribution in [0.4, 0.5) is 0 Å². The third-order valence-corrected chi connectivity index (χ3v) is 6.15. The van der Waals surface area contributed by atoms with E-state index in [2.05, 4.69) is 36.6 Å². The van der Waals surface area contributed by atoms with Gasteiger partial charge >= 0.3 is 0 Å². The number of aliphatic hydroxyl groups excluding tert-OH is 1. The number of hydrogen-bond acceptors (Lipinski definition) is 5. The highest BCUT2D eigenvalue weighted by Gasteiger charge is 2.20. The number of phenols is 2. The van der Waals surface area contributed by atoms with Crippen LogP contribution < -0.4 is 10.6 Å². The molecule has 3 aromatic rings. The average Bonchev–Trinajstić information content (AvgIpc) is 2.77. The molecule has 0 aliphatic rings. The van der Waals surface area contributed by atoms with Gasteiger partial charge in [-0.15, -0.1) is 0 Å². The Hall–Kier alpha value is -3.35. The molecule has 0 aliphatic heterocycles. The number of carbonyl (C=O) groups excluding carboxylic acids is 1. The van der Waals surface area contributed by atoms with Crippen LogP contribution in [0.15, 0.2) is 60.7 Å². The fourth-order valence-corrected chi connectivity index (χ4v) is 4.09. The van der Waals surface area contributed by atoms with Crippen LogP contribution in [0.25, 0.3) is 0 Å². The van der Waals surface area contributed by atoms with E-state index in [4.69, 9.17) is 0 Å². The van der Waals surface area contributed by atoms with E-state index in [0.717, 1.165) is 16.7 Å². The van der Waals surface area contributed by atoms with Gasteiger partial charge in [-0.2, -0.15) is 0 Å². The molecule has 0 saturated carbocycles. The van der Waals surface area contributed by atoms with Crippen molar-refractivity contribution >= 4 is 5.91 Å². The summed E-state index contributed by atoms with van der Waals surface area (Å²) < 4.78 is 0. The Morgan fingerprint density at radius 1 is 0.886 bits per heavy atom. The maximum absolute atomic E-state index is 12.5. The molecule has 1 atom stereocenters. The van der Waals surface area contributed by atoms with Gasteiger partial charge in [-0.05, 0) is 79.6 Å². The first kappa shape index (κ1) is 26.3. The highest BCUT2D eigenvalue weighted by atomic mass is 16.3. The summed E-state index contributed by atoms with van der Waals surface area (Å²) in [5.74, 6) is -0.198. The summed E-state index contributed by atoms with van der Waals surface area (Å²) in [5, 5.41) is 36.1. The number of carbonyl (C=O) groups is 1. The number of hydrogen-bond donors (Lipinski definition) is 5. The fourth-order valence-electron chi connectivity index (χ4n) is 4.09. The summed E-state index contributed by atoms with van der Waals surface area (Å²) in [5.41, 5.74) is 5.70. The van der Waals surface area contributed by atoms with E-state index in [1.165, 1.54) is 29.3 Å². The molecule has 0 spiro atoms. The molecule has 0 heterocycles. The predicted molar refractivity (Wildman–Crippen MR) is 138 cm³/mol. The quantitative estimate of drug-likeness (QED) is 0.302. The molecule has 186 valence electrons. The van der Waals surface area contributed by atoms with Crippen LogP contribution in [0.3, 0.4) is 0 Å². The number of aliphatic hydroxyl groups is 1. The standard InChI is InChI=1S/C29H36N2O4/c1-19-8-9-23(10-20(19)2)17-30-28(35)12-21-6-5-7-22(11-21)16-29(3,4)31-18-27(34)24-13-25(32)15-26(33)14-24/h5-11,13-15,27,31-34H,12,16-18H2,1-4H3,(H,30,35). The van der Waals surface area contributed by atoms with Crippen LogP contribution in [0.2, 0.25) is 0 Å². The number of aromatic hydroxyl groups is 2. The molecule has 5 N–H and O–H groups in total. The number of amides is 1. The van der Waals surface area contributed by atoms with Crippen molar-refractivity contribution in [3.8, 4) is 11.5 Å². The van der Waals surface area contributed by atoms with Gasteiger partial charge < -0.3 is 26.0 Å². The van der Waals surface area contributed by atoms with E-state index >= 15 is 0 Å². The smallest absolute Gasteiger partial charge is 0.224 e. The molecule has 6 nitrogen and oxygen atoms in total. The largest absolute Gasteiger partial charge is 0.508 e. The lowest BCUT2D eigenvalue weighted by Crippen LogP contribution is -2.43. The molecular weight excluding hydrogens is 440 g/mol. The minimum Gasteiger partial charge on any atom is -0.508 e. The number of phenolic OH excluding ortho intramolecular Hbond substituents is 2. The van der Waals surface area contributed by atoms with Crippen LogP contribution >= 0.6 is 0 Å². The molecule has 35 heavy (non-hydrogen) atoms. The summed E-state index contributed by atoms with van der Waals surface area (Å²) in [7, 11) is 0. The first-order valence-electron chi connectivity index (χ1n) is 11.9. The molecular formula is C29H36N2O4. The Labute approximate surface area is 207 Å². The first-order chi connectivity index (χ1) is 16.5. The van der Waals surface area contributed by atoms with E-state index in [-0.39, 0.29) is 29.5 Å². The van der Waals surface area contributed by atoms with E-state index in [1.807, 2.05) is 44.2 Å². The molecule has 1 amide bonds. The molecule has 1 unspecified atom stereocenters.